The fourth-order valence-electron chi connectivity index (χ4n) is 3.10. The van der Waals surface area contributed by atoms with Gasteiger partial charge in [0.25, 0.3) is 0 Å². The maximum atomic E-state index is 5.76. The molecule has 0 radical (unpaired) electrons. The van der Waals surface area contributed by atoms with E-state index >= 15 is 0 Å². The Hall–Kier alpha value is -2.30. The highest BCUT2D eigenvalue weighted by atomic mass is 35.5. The van der Waals surface area contributed by atoms with Crippen molar-refractivity contribution in [3.05, 3.63) is 66.4 Å². The number of aromatic nitrogens is 1. The van der Waals surface area contributed by atoms with E-state index in [0.717, 1.165) is 30.1 Å². The van der Waals surface area contributed by atoms with Gasteiger partial charge in [0.15, 0.2) is 6.20 Å². The highest BCUT2D eigenvalue weighted by molar-refractivity contribution is 6.10. The fourth-order valence-corrected chi connectivity index (χ4v) is 3.10. The number of nitrogen functional groups attached to an aromatic ring is 1. The van der Waals surface area contributed by atoms with E-state index in [1.807, 2.05) is 24.3 Å². The van der Waals surface area contributed by atoms with Crippen molar-refractivity contribution >= 4 is 40.4 Å². The lowest BCUT2D eigenvalue weighted by Crippen LogP contribution is -3.00. The molecule has 2 heterocycles. The summed E-state index contributed by atoms with van der Waals surface area (Å²) in [6.07, 6.45) is 3.05. The van der Waals surface area contributed by atoms with Gasteiger partial charge in [-0.3, -0.25) is 5.01 Å². The third kappa shape index (κ3) is 3.55. The molecule has 1 aliphatic rings. The maximum Gasteiger partial charge on any atom is 0.212 e. The largest absolute Gasteiger partial charge is 1.00 e. The monoisotopic (exact) mass is 374 g/mol. The van der Waals surface area contributed by atoms with Gasteiger partial charge < -0.3 is 18.1 Å². The third-order valence-electron chi connectivity index (χ3n) is 4.34. The van der Waals surface area contributed by atoms with E-state index in [0.29, 0.717) is 0 Å². The van der Waals surface area contributed by atoms with E-state index < -0.39 is 0 Å². The minimum absolute atomic E-state index is 0. The van der Waals surface area contributed by atoms with Gasteiger partial charge in [0.2, 0.25) is 5.52 Å². The molecule has 0 atom stereocenters. The quantitative estimate of drug-likeness (QED) is 0.517. The van der Waals surface area contributed by atoms with Crippen LogP contribution in [-0.2, 0) is 7.05 Å². The smallest absolute Gasteiger partial charge is 0.212 e. The van der Waals surface area contributed by atoms with Crippen LogP contribution in [0.2, 0.25) is 0 Å². The highest BCUT2D eigenvalue weighted by Gasteiger charge is 2.20. The summed E-state index contributed by atoms with van der Waals surface area (Å²) in [5.41, 5.74) is 11.2. The Bertz CT molecular complexity index is 907. The molecular weight excluding hydrogens is 355 g/mol. The van der Waals surface area contributed by atoms with Crippen LogP contribution < -0.4 is 27.7 Å². The Morgan fingerprint density at radius 2 is 1.76 bits per heavy atom. The molecule has 0 bridgehead atoms. The van der Waals surface area contributed by atoms with Crippen molar-refractivity contribution in [2.75, 3.05) is 17.3 Å². The van der Waals surface area contributed by atoms with Crippen molar-refractivity contribution in [3.63, 3.8) is 0 Å². The fraction of sp³-hybridized carbons (Fsp3) is 0.158. The molecule has 0 saturated heterocycles. The normalized spacial score (nSPS) is 13.2. The molecule has 0 fully saturated rings. The van der Waals surface area contributed by atoms with Gasteiger partial charge in [-0.15, -0.1) is 12.4 Å². The molecule has 130 valence electrons. The maximum absolute atomic E-state index is 5.76. The van der Waals surface area contributed by atoms with Gasteiger partial charge in [-0.25, -0.2) is 4.57 Å². The Labute approximate surface area is 159 Å². The number of aryl methyl sites for hydroxylation is 1. The first-order chi connectivity index (χ1) is 11.2. The van der Waals surface area contributed by atoms with Crippen LogP contribution in [-0.4, -0.2) is 12.3 Å². The number of benzene rings is 2. The van der Waals surface area contributed by atoms with Crippen LogP contribution in [0.1, 0.15) is 12.0 Å². The Morgan fingerprint density at radius 3 is 2.52 bits per heavy atom. The summed E-state index contributed by atoms with van der Waals surface area (Å²) in [5, 5.41) is 8.14. The lowest BCUT2D eigenvalue weighted by molar-refractivity contribution is -0.644. The number of nitrogens with two attached hydrogens (primary N) is 1. The summed E-state index contributed by atoms with van der Waals surface area (Å²) in [4.78, 5) is 0. The third-order valence-corrected chi connectivity index (χ3v) is 4.34. The molecular formula is C19H20Cl2N4. The van der Waals surface area contributed by atoms with E-state index in [1.54, 1.807) is 0 Å². The molecule has 0 amide bonds. The molecule has 0 aliphatic carbocycles. The lowest BCUT2D eigenvalue weighted by atomic mass is 10.0. The number of rotatable bonds is 2. The average Bonchev–Trinajstić information content (AvgIpc) is 3.06. The summed E-state index contributed by atoms with van der Waals surface area (Å²) in [7, 11) is 2.07. The summed E-state index contributed by atoms with van der Waals surface area (Å²) < 4.78 is 2.14. The summed E-state index contributed by atoms with van der Waals surface area (Å²) in [6.45, 7) is 0.897. The first-order valence-electron chi connectivity index (χ1n) is 7.81. The number of fused-ring (bicyclic) bond motifs is 1. The minimum Gasteiger partial charge on any atom is -1.00 e. The van der Waals surface area contributed by atoms with Crippen LogP contribution in [0, 0.1) is 0 Å². The van der Waals surface area contributed by atoms with E-state index in [2.05, 4.69) is 53.2 Å². The van der Waals surface area contributed by atoms with Crippen molar-refractivity contribution in [3.8, 4) is 0 Å². The van der Waals surface area contributed by atoms with Gasteiger partial charge >= 0.3 is 0 Å². The zero-order valence-corrected chi connectivity index (χ0v) is 15.5. The van der Waals surface area contributed by atoms with Crippen LogP contribution in [0.5, 0.6) is 0 Å². The van der Waals surface area contributed by atoms with E-state index in [1.165, 1.54) is 16.5 Å². The molecule has 0 saturated carbocycles. The Morgan fingerprint density at radius 1 is 1.04 bits per heavy atom. The molecule has 2 N–H and O–H groups in total. The predicted octanol–water partition coefficient (Wildman–Crippen LogP) is 0.287. The zero-order chi connectivity index (χ0) is 15.8. The van der Waals surface area contributed by atoms with E-state index in [9.17, 15) is 0 Å². The predicted molar refractivity (Wildman–Crippen MR) is 102 cm³/mol. The molecule has 3 aromatic rings. The molecule has 25 heavy (non-hydrogen) atoms. The SMILES string of the molecule is C[n+]1ccc(C2=NN(c3ccc(N)cc3)CC2)c2ccccc21.Cl.[Cl-]. The zero-order valence-electron chi connectivity index (χ0n) is 13.9. The number of hydrazone groups is 1. The highest BCUT2D eigenvalue weighted by Crippen LogP contribution is 2.25. The minimum atomic E-state index is 0. The molecule has 4 rings (SSSR count). The number of para-hydroxylation sites is 1. The van der Waals surface area contributed by atoms with Crippen molar-refractivity contribution in [2.24, 2.45) is 12.1 Å². The molecule has 1 aromatic heterocycles. The second-order valence-corrected chi connectivity index (χ2v) is 5.87. The van der Waals surface area contributed by atoms with Gasteiger partial charge in [0.1, 0.15) is 7.05 Å². The van der Waals surface area contributed by atoms with Crippen LogP contribution in [0.3, 0.4) is 0 Å². The van der Waals surface area contributed by atoms with Gasteiger partial charge in [-0.1, -0.05) is 12.1 Å². The number of hydrogen-bond acceptors (Lipinski definition) is 3. The molecule has 0 spiro atoms. The van der Waals surface area contributed by atoms with Crippen molar-refractivity contribution in [1.29, 1.82) is 0 Å². The number of hydrogen-bond donors (Lipinski definition) is 1. The number of nitrogens with zero attached hydrogens (tertiary/aromatic N) is 3. The van der Waals surface area contributed by atoms with Crippen LogP contribution in [0.4, 0.5) is 11.4 Å². The second-order valence-electron chi connectivity index (χ2n) is 5.87. The first kappa shape index (κ1) is 19.0. The summed E-state index contributed by atoms with van der Waals surface area (Å²) in [5.74, 6) is 0. The molecule has 6 heteroatoms. The summed E-state index contributed by atoms with van der Waals surface area (Å²) in [6, 6.07) is 18.5. The molecule has 1 aliphatic heterocycles. The van der Waals surface area contributed by atoms with Gasteiger partial charge in [-0.05, 0) is 30.3 Å². The first-order valence-corrected chi connectivity index (χ1v) is 7.81. The molecule has 4 nitrogen and oxygen atoms in total. The standard InChI is InChI=1S/C19H19N4.2ClH/c1-22-12-10-16(17-4-2-3-5-19(17)22)18-11-13-23(21-18)15-8-6-14(20)7-9-15;;/h2-10,12H,11,13,20H2,1H3;2*1H/q+1;;/p-1. The number of halogens is 2. The van der Waals surface area contributed by atoms with Crippen LogP contribution >= 0.6 is 12.4 Å². The van der Waals surface area contributed by atoms with Crippen molar-refractivity contribution < 1.29 is 17.0 Å². The van der Waals surface area contributed by atoms with Gasteiger partial charge in [-0.2, -0.15) is 5.10 Å². The Kier molecular flexibility index (Phi) is 5.88. The summed E-state index contributed by atoms with van der Waals surface area (Å²) >= 11 is 0. The lowest BCUT2D eigenvalue weighted by Gasteiger charge is -2.13. The van der Waals surface area contributed by atoms with Gasteiger partial charge in [0.05, 0.1) is 16.8 Å². The topological polar surface area (TPSA) is 45.5 Å². The van der Waals surface area contributed by atoms with E-state index in [-0.39, 0.29) is 24.8 Å². The molecule has 2 aromatic carbocycles. The average molecular weight is 375 g/mol. The Balaban J connectivity index is 0.00000113. The number of anilines is 2. The molecule has 0 unspecified atom stereocenters. The van der Waals surface area contributed by atoms with E-state index in [4.69, 9.17) is 10.8 Å². The number of pyridine rings is 1. The van der Waals surface area contributed by atoms with Crippen LogP contribution in [0.25, 0.3) is 10.9 Å². The van der Waals surface area contributed by atoms with Gasteiger partial charge in [0, 0.05) is 36.3 Å². The van der Waals surface area contributed by atoms with Crippen LogP contribution in [0.15, 0.2) is 65.9 Å². The van der Waals surface area contributed by atoms with Crippen molar-refractivity contribution in [1.82, 2.24) is 0 Å². The van der Waals surface area contributed by atoms with Crippen molar-refractivity contribution in [2.45, 2.75) is 6.42 Å². The second kappa shape index (κ2) is 7.72.